The number of fused-ring (bicyclic) bond motifs is 1. The van der Waals surface area contributed by atoms with Crippen LogP contribution in [0.2, 0.25) is 0 Å². The Morgan fingerprint density at radius 3 is 2.75 bits per heavy atom. The Labute approximate surface area is 188 Å². The highest BCUT2D eigenvalue weighted by molar-refractivity contribution is 7.11. The number of nitrogens with one attached hydrogen (secondary N) is 1. The van der Waals surface area contributed by atoms with E-state index in [2.05, 4.69) is 10.4 Å². The van der Waals surface area contributed by atoms with Crippen molar-refractivity contribution in [3.63, 3.8) is 0 Å². The molecule has 0 saturated heterocycles. The molecule has 0 bridgehead atoms. The molecule has 0 saturated carbocycles. The highest BCUT2D eigenvalue weighted by atomic mass is 32.1. The molecule has 0 atom stereocenters. The van der Waals surface area contributed by atoms with E-state index in [1.54, 1.807) is 31.3 Å². The minimum Gasteiger partial charge on any atom is -0.355 e. The van der Waals surface area contributed by atoms with Crippen LogP contribution in [0.25, 0.3) is 5.69 Å². The Bertz CT molecular complexity index is 1110. The number of thiazole rings is 1. The van der Waals surface area contributed by atoms with Crippen molar-refractivity contribution in [2.24, 2.45) is 0 Å². The van der Waals surface area contributed by atoms with E-state index in [0.29, 0.717) is 30.0 Å². The van der Waals surface area contributed by atoms with Gasteiger partial charge in [0.05, 0.1) is 34.1 Å². The van der Waals surface area contributed by atoms with Gasteiger partial charge in [-0.2, -0.15) is 18.3 Å². The molecule has 4 rings (SSSR count). The summed E-state index contributed by atoms with van der Waals surface area (Å²) in [6.07, 6.45) is 0.972. The first-order valence-corrected chi connectivity index (χ1v) is 11.5. The third kappa shape index (κ3) is 4.87. The summed E-state index contributed by atoms with van der Waals surface area (Å²) < 4.78 is 40.7. The van der Waals surface area contributed by atoms with Gasteiger partial charge >= 0.3 is 6.18 Å². The molecule has 32 heavy (non-hydrogen) atoms. The Morgan fingerprint density at radius 1 is 1.22 bits per heavy atom. The molecule has 0 spiro atoms. The lowest BCUT2D eigenvalue weighted by atomic mass is 10.0. The topological polar surface area (TPSA) is 59.8 Å². The molecular formula is C23H25F3N4OS. The van der Waals surface area contributed by atoms with E-state index in [0.717, 1.165) is 35.5 Å². The largest absolute Gasteiger partial charge is 0.416 e. The summed E-state index contributed by atoms with van der Waals surface area (Å²) in [6.45, 7) is 4.04. The van der Waals surface area contributed by atoms with E-state index in [1.807, 2.05) is 0 Å². The number of hydrogen-bond donors (Lipinski definition) is 1. The van der Waals surface area contributed by atoms with Crippen molar-refractivity contribution in [1.82, 2.24) is 20.1 Å². The molecule has 0 radical (unpaired) electrons. The smallest absolute Gasteiger partial charge is 0.355 e. The number of amides is 1. The normalized spacial score (nSPS) is 13.8. The number of alkyl halides is 3. The lowest BCUT2D eigenvalue weighted by Crippen LogP contribution is -2.27. The van der Waals surface area contributed by atoms with E-state index in [9.17, 15) is 18.0 Å². The van der Waals surface area contributed by atoms with Crippen LogP contribution < -0.4 is 5.32 Å². The summed E-state index contributed by atoms with van der Waals surface area (Å²) in [6, 6.07) is 5.03. The van der Waals surface area contributed by atoms with Crippen LogP contribution in [0.4, 0.5) is 13.2 Å². The monoisotopic (exact) mass is 462 g/mol. The predicted molar refractivity (Wildman–Crippen MR) is 117 cm³/mol. The maximum absolute atomic E-state index is 13.1. The molecule has 0 fully saturated rings. The number of carbonyl (C=O) groups excluding carboxylic acids is 1. The van der Waals surface area contributed by atoms with Gasteiger partial charge < -0.3 is 5.32 Å². The summed E-state index contributed by atoms with van der Waals surface area (Å²) in [5.74, 6) is -0.138. The lowest BCUT2D eigenvalue weighted by Gasteiger charge is -2.10. The molecule has 0 aliphatic heterocycles. The number of nitrogens with zero attached hydrogens (tertiary/aromatic N) is 3. The molecule has 1 N–H and O–H groups in total. The summed E-state index contributed by atoms with van der Waals surface area (Å²) >= 11 is 1.74. The van der Waals surface area contributed by atoms with Crippen molar-refractivity contribution >= 4 is 17.2 Å². The Hall–Kier alpha value is -2.68. The first-order valence-electron chi connectivity index (χ1n) is 10.7. The zero-order valence-corrected chi connectivity index (χ0v) is 18.9. The van der Waals surface area contributed by atoms with E-state index in [-0.39, 0.29) is 12.3 Å². The number of benzene rings is 1. The zero-order valence-electron chi connectivity index (χ0n) is 18.1. The Kier molecular flexibility index (Phi) is 6.37. The van der Waals surface area contributed by atoms with Gasteiger partial charge in [0.1, 0.15) is 0 Å². The van der Waals surface area contributed by atoms with Gasteiger partial charge in [-0.05, 0) is 57.7 Å². The van der Waals surface area contributed by atoms with E-state index in [1.165, 1.54) is 34.2 Å². The minimum absolute atomic E-state index is 0.130. The second-order valence-electron chi connectivity index (χ2n) is 8.07. The van der Waals surface area contributed by atoms with E-state index < -0.39 is 11.7 Å². The van der Waals surface area contributed by atoms with Gasteiger partial charge in [0, 0.05) is 29.1 Å². The molecule has 9 heteroatoms. The van der Waals surface area contributed by atoms with Crippen molar-refractivity contribution < 1.29 is 18.0 Å². The molecule has 1 aliphatic rings. The van der Waals surface area contributed by atoms with Gasteiger partial charge in [0.15, 0.2) is 0 Å². The zero-order chi connectivity index (χ0) is 22.9. The summed E-state index contributed by atoms with van der Waals surface area (Å²) in [5, 5.41) is 8.37. The third-order valence-electron chi connectivity index (χ3n) is 5.75. The molecule has 1 amide bonds. The van der Waals surface area contributed by atoms with Crippen molar-refractivity contribution in [2.75, 3.05) is 6.54 Å². The Balaban J connectivity index is 1.40. The fourth-order valence-corrected chi connectivity index (χ4v) is 5.20. The van der Waals surface area contributed by atoms with Gasteiger partial charge in [0.25, 0.3) is 0 Å². The van der Waals surface area contributed by atoms with Crippen molar-refractivity contribution in [3.8, 4) is 5.69 Å². The highest BCUT2D eigenvalue weighted by Crippen LogP contribution is 2.31. The first kappa shape index (κ1) is 22.5. The lowest BCUT2D eigenvalue weighted by molar-refractivity contribution is -0.137. The van der Waals surface area contributed by atoms with Gasteiger partial charge in [-0.25, -0.2) is 9.67 Å². The Morgan fingerprint density at radius 2 is 2.00 bits per heavy atom. The number of hydrogen-bond acceptors (Lipinski definition) is 4. The first-order chi connectivity index (χ1) is 15.2. The van der Waals surface area contributed by atoms with Gasteiger partial charge in [-0.1, -0.05) is 6.07 Å². The molecule has 3 aromatic rings. The summed E-state index contributed by atoms with van der Waals surface area (Å²) in [5.41, 5.74) is 2.82. The van der Waals surface area contributed by atoms with Crippen LogP contribution in [-0.4, -0.2) is 27.2 Å². The van der Waals surface area contributed by atoms with Gasteiger partial charge in [-0.15, -0.1) is 11.3 Å². The third-order valence-corrected chi connectivity index (χ3v) is 6.96. The number of aromatic nitrogens is 3. The van der Waals surface area contributed by atoms with Crippen molar-refractivity contribution in [2.45, 2.75) is 58.5 Å². The molecule has 2 aromatic heterocycles. The van der Waals surface area contributed by atoms with Crippen LogP contribution >= 0.6 is 11.3 Å². The van der Waals surface area contributed by atoms with E-state index in [4.69, 9.17) is 4.98 Å². The van der Waals surface area contributed by atoms with Crippen LogP contribution in [0.15, 0.2) is 24.3 Å². The minimum atomic E-state index is -4.43. The average Bonchev–Trinajstić information content (AvgIpc) is 3.29. The fraction of sp³-hybridized carbons (Fsp3) is 0.435. The molecule has 1 aliphatic carbocycles. The number of halogens is 3. The second kappa shape index (κ2) is 9.05. The van der Waals surface area contributed by atoms with Gasteiger partial charge in [0.2, 0.25) is 5.91 Å². The standard InChI is InChI=1S/C23H25F3N4OS/c1-14-18(15(2)30(29-14)17-7-5-6-16(12-17)23(24,25)26)13-21(31)27-11-10-22-28-19-8-3-4-9-20(19)32-22/h5-7,12H,3-4,8-11,13H2,1-2H3,(H,27,31). The molecule has 170 valence electrons. The van der Waals surface area contributed by atoms with Crippen LogP contribution in [-0.2, 0) is 36.7 Å². The van der Waals surface area contributed by atoms with Crippen LogP contribution in [0.1, 0.15) is 50.9 Å². The molecule has 0 unspecified atom stereocenters. The fourth-order valence-electron chi connectivity index (χ4n) is 4.04. The number of rotatable bonds is 6. The second-order valence-corrected chi connectivity index (χ2v) is 9.24. The number of aryl methyl sites for hydroxylation is 3. The predicted octanol–water partition coefficient (Wildman–Crippen LogP) is 4.74. The summed E-state index contributed by atoms with van der Waals surface area (Å²) in [4.78, 5) is 18.6. The molecule has 5 nitrogen and oxygen atoms in total. The van der Waals surface area contributed by atoms with Crippen molar-refractivity contribution in [3.05, 3.63) is 62.4 Å². The molecule has 1 aromatic carbocycles. The molecule has 2 heterocycles. The summed E-state index contributed by atoms with van der Waals surface area (Å²) in [7, 11) is 0. The maximum Gasteiger partial charge on any atom is 0.416 e. The molecular weight excluding hydrogens is 437 g/mol. The average molecular weight is 463 g/mol. The quantitative estimate of drug-likeness (QED) is 0.575. The number of carbonyl (C=O) groups is 1. The maximum atomic E-state index is 13.1. The van der Waals surface area contributed by atoms with E-state index >= 15 is 0 Å². The SMILES string of the molecule is Cc1nn(-c2cccc(C(F)(F)F)c2)c(C)c1CC(=O)NCCc1nc2c(s1)CCCC2. The van der Waals surface area contributed by atoms with Crippen LogP contribution in [0.5, 0.6) is 0 Å². The highest BCUT2D eigenvalue weighted by Gasteiger charge is 2.30. The van der Waals surface area contributed by atoms with Crippen LogP contribution in [0, 0.1) is 13.8 Å². The van der Waals surface area contributed by atoms with Crippen molar-refractivity contribution in [1.29, 1.82) is 0 Å². The van der Waals surface area contributed by atoms with Gasteiger partial charge in [-0.3, -0.25) is 4.79 Å². The van der Waals surface area contributed by atoms with Crippen LogP contribution in [0.3, 0.4) is 0 Å².